The van der Waals surface area contributed by atoms with E-state index in [1.807, 2.05) is 0 Å². The molecular weight excluding hydrogens is 299 g/mol. The van der Waals surface area contributed by atoms with Crippen molar-refractivity contribution >= 4 is 11.8 Å². The van der Waals surface area contributed by atoms with Crippen molar-refractivity contribution < 1.29 is 18.7 Å². The molecule has 1 heterocycles. The minimum Gasteiger partial charge on any atom is -0.356 e. The number of hydrogen-bond donors (Lipinski definition) is 0. The highest BCUT2D eigenvalue weighted by molar-refractivity contribution is 5.86. The third kappa shape index (κ3) is 3.37. The van der Waals surface area contributed by atoms with Gasteiger partial charge >= 0.3 is 0 Å². The lowest BCUT2D eigenvalue weighted by Crippen LogP contribution is -2.53. The molecule has 1 aromatic carbocycles. The monoisotopic (exact) mass is 320 g/mol. The lowest BCUT2D eigenvalue weighted by atomic mass is 9.97. The standard InChI is InChI=1S/C17H21FN2O3/c1-19(9-11-3-4-11)17(22)16-15(20(2)14(21)10-23-16)12-5-7-13(18)8-6-12/h5-8,11,15-16H,3-4,9-10H2,1-2H3. The van der Waals surface area contributed by atoms with E-state index in [0.29, 0.717) is 18.0 Å². The molecule has 2 unspecified atom stereocenters. The summed E-state index contributed by atoms with van der Waals surface area (Å²) in [6, 6.07) is 5.32. The zero-order chi connectivity index (χ0) is 16.6. The van der Waals surface area contributed by atoms with Crippen molar-refractivity contribution in [3.05, 3.63) is 35.6 Å². The largest absolute Gasteiger partial charge is 0.356 e. The topological polar surface area (TPSA) is 49.9 Å². The highest BCUT2D eigenvalue weighted by atomic mass is 19.1. The fourth-order valence-electron chi connectivity index (χ4n) is 2.97. The average molecular weight is 320 g/mol. The van der Waals surface area contributed by atoms with Crippen molar-refractivity contribution in [2.24, 2.45) is 5.92 Å². The molecule has 6 heteroatoms. The van der Waals surface area contributed by atoms with Crippen LogP contribution in [0.3, 0.4) is 0 Å². The minimum absolute atomic E-state index is 0.109. The molecule has 0 aromatic heterocycles. The van der Waals surface area contributed by atoms with Crippen LogP contribution in [0, 0.1) is 11.7 Å². The normalized spacial score (nSPS) is 24.7. The first-order valence-electron chi connectivity index (χ1n) is 7.85. The number of nitrogens with zero attached hydrogens (tertiary/aromatic N) is 2. The number of rotatable bonds is 4. The third-order valence-electron chi connectivity index (χ3n) is 4.54. The van der Waals surface area contributed by atoms with Crippen LogP contribution in [0.1, 0.15) is 24.4 Å². The Labute approximate surface area is 135 Å². The van der Waals surface area contributed by atoms with Crippen LogP contribution in [0.25, 0.3) is 0 Å². The van der Waals surface area contributed by atoms with Gasteiger partial charge in [-0.25, -0.2) is 4.39 Å². The Hall–Kier alpha value is -1.95. The van der Waals surface area contributed by atoms with Crippen LogP contribution in [0.15, 0.2) is 24.3 Å². The highest BCUT2D eigenvalue weighted by Crippen LogP contribution is 2.32. The Balaban J connectivity index is 1.84. The second-order valence-corrected chi connectivity index (χ2v) is 6.39. The van der Waals surface area contributed by atoms with Crippen molar-refractivity contribution in [3.63, 3.8) is 0 Å². The molecule has 3 rings (SSSR count). The van der Waals surface area contributed by atoms with Gasteiger partial charge in [-0.05, 0) is 36.5 Å². The van der Waals surface area contributed by atoms with Crippen LogP contribution in [-0.4, -0.2) is 55.0 Å². The highest BCUT2D eigenvalue weighted by Gasteiger charge is 2.41. The molecule has 0 bridgehead atoms. The second-order valence-electron chi connectivity index (χ2n) is 6.39. The number of carbonyl (C=O) groups is 2. The maximum atomic E-state index is 13.2. The molecule has 1 aliphatic carbocycles. The SMILES string of the molecule is CN(CC1CC1)C(=O)C1OCC(=O)N(C)C1c1ccc(F)cc1. The summed E-state index contributed by atoms with van der Waals surface area (Å²) in [5, 5.41) is 0. The zero-order valence-corrected chi connectivity index (χ0v) is 13.4. The van der Waals surface area contributed by atoms with Crippen LogP contribution in [0.4, 0.5) is 4.39 Å². The number of halogens is 1. The molecule has 23 heavy (non-hydrogen) atoms. The van der Waals surface area contributed by atoms with Crippen molar-refractivity contribution in [3.8, 4) is 0 Å². The Kier molecular flexibility index (Phi) is 4.35. The number of amides is 2. The van der Waals surface area contributed by atoms with Crippen molar-refractivity contribution in [2.75, 3.05) is 27.2 Å². The minimum atomic E-state index is -0.757. The average Bonchev–Trinajstić information content (AvgIpc) is 3.34. The van der Waals surface area contributed by atoms with Crippen LogP contribution < -0.4 is 0 Å². The van der Waals surface area contributed by atoms with E-state index in [4.69, 9.17) is 4.74 Å². The summed E-state index contributed by atoms with van der Waals surface area (Å²) in [7, 11) is 3.42. The van der Waals surface area contributed by atoms with Crippen LogP contribution in [0.2, 0.25) is 0 Å². The van der Waals surface area contributed by atoms with Gasteiger partial charge < -0.3 is 14.5 Å². The van der Waals surface area contributed by atoms with Crippen LogP contribution >= 0.6 is 0 Å². The van der Waals surface area contributed by atoms with Gasteiger partial charge in [0.2, 0.25) is 5.91 Å². The summed E-state index contributed by atoms with van der Waals surface area (Å²) in [6.45, 7) is 0.606. The van der Waals surface area contributed by atoms with Gasteiger partial charge in [-0.3, -0.25) is 9.59 Å². The summed E-state index contributed by atoms with van der Waals surface area (Å²) in [5.41, 5.74) is 0.695. The van der Waals surface area contributed by atoms with Crippen LogP contribution in [0.5, 0.6) is 0 Å². The Morgan fingerprint density at radius 2 is 2.00 bits per heavy atom. The van der Waals surface area contributed by atoms with Gasteiger partial charge in [0, 0.05) is 20.6 Å². The van der Waals surface area contributed by atoms with Crippen molar-refractivity contribution in [1.29, 1.82) is 0 Å². The van der Waals surface area contributed by atoms with E-state index in [1.165, 1.54) is 17.0 Å². The zero-order valence-electron chi connectivity index (χ0n) is 13.4. The molecule has 1 saturated carbocycles. The third-order valence-corrected chi connectivity index (χ3v) is 4.54. The maximum Gasteiger partial charge on any atom is 0.253 e. The molecule has 1 aliphatic heterocycles. The Morgan fingerprint density at radius 3 is 2.61 bits per heavy atom. The number of morpholine rings is 1. The van der Waals surface area contributed by atoms with E-state index >= 15 is 0 Å². The Morgan fingerprint density at radius 1 is 1.35 bits per heavy atom. The quantitative estimate of drug-likeness (QED) is 0.846. The van der Waals surface area contributed by atoms with Gasteiger partial charge in [0.05, 0.1) is 6.04 Å². The number of benzene rings is 1. The van der Waals surface area contributed by atoms with Gasteiger partial charge in [0.1, 0.15) is 12.4 Å². The maximum absolute atomic E-state index is 13.2. The fraction of sp³-hybridized carbons (Fsp3) is 0.529. The van der Waals surface area contributed by atoms with E-state index in [0.717, 1.165) is 12.8 Å². The lowest BCUT2D eigenvalue weighted by Gasteiger charge is -2.39. The first kappa shape index (κ1) is 15.9. The van der Waals surface area contributed by atoms with E-state index in [1.54, 1.807) is 31.1 Å². The van der Waals surface area contributed by atoms with Crippen molar-refractivity contribution in [1.82, 2.24) is 9.80 Å². The number of hydrogen-bond acceptors (Lipinski definition) is 3. The molecule has 1 saturated heterocycles. The van der Waals surface area contributed by atoms with Gasteiger partial charge in [-0.1, -0.05) is 12.1 Å². The molecule has 2 fully saturated rings. The predicted octanol–water partition coefficient (Wildman–Crippen LogP) is 1.59. The molecule has 0 N–H and O–H groups in total. The molecule has 5 nitrogen and oxygen atoms in total. The Bertz CT molecular complexity index is 600. The second kappa shape index (κ2) is 6.28. The van der Waals surface area contributed by atoms with E-state index < -0.39 is 12.1 Å². The summed E-state index contributed by atoms with van der Waals surface area (Å²) in [5.74, 6) is -0.0943. The fourth-order valence-corrected chi connectivity index (χ4v) is 2.97. The van der Waals surface area contributed by atoms with Gasteiger partial charge in [0.15, 0.2) is 6.10 Å². The molecule has 2 atom stereocenters. The number of carbonyl (C=O) groups excluding carboxylic acids is 2. The van der Waals surface area contributed by atoms with Gasteiger partial charge in [0.25, 0.3) is 5.91 Å². The smallest absolute Gasteiger partial charge is 0.253 e. The molecule has 124 valence electrons. The van der Waals surface area contributed by atoms with Gasteiger partial charge in [-0.15, -0.1) is 0 Å². The summed E-state index contributed by atoms with van der Waals surface area (Å²) >= 11 is 0. The molecule has 2 amide bonds. The molecular formula is C17H21FN2O3. The van der Waals surface area contributed by atoms with E-state index in [2.05, 4.69) is 0 Å². The van der Waals surface area contributed by atoms with E-state index in [9.17, 15) is 14.0 Å². The number of likely N-dealkylation sites (N-methyl/N-ethyl adjacent to an activating group) is 2. The first-order chi connectivity index (χ1) is 11.0. The molecule has 0 spiro atoms. The first-order valence-corrected chi connectivity index (χ1v) is 7.85. The van der Waals surface area contributed by atoms with Crippen molar-refractivity contribution in [2.45, 2.75) is 25.0 Å². The summed E-state index contributed by atoms with van der Waals surface area (Å²) in [6.07, 6.45) is 1.55. The molecule has 0 radical (unpaired) electrons. The lowest BCUT2D eigenvalue weighted by molar-refractivity contribution is -0.166. The predicted molar refractivity (Wildman–Crippen MR) is 82.0 cm³/mol. The molecule has 1 aromatic rings. The van der Waals surface area contributed by atoms with Crippen LogP contribution in [-0.2, 0) is 14.3 Å². The summed E-state index contributed by atoms with van der Waals surface area (Å²) < 4.78 is 18.7. The van der Waals surface area contributed by atoms with Gasteiger partial charge in [-0.2, -0.15) is 0 Å². The molecule has 2 aliphatic rings. The number of ether oxygens (including phenoxy) is 1. The van der Waals surface area contributed by atoms with E-state index in [-0.39, 0.29) is 24.2 Å². The summed E-state index contributed by atoms with van der Waals surface area (Å²) in [4.78, 5) is 27.9.